The van der Waals surface area contributed by atoms with Crippen LogP contribution in [0, 0.1) is 6.92 Å². The van der Waals surface area contributed by atoms with Gasteiger partial charge in [0.05, 0.1) is 5.69 Å². The molecule has 0 N–H and O–H groups in total. The van der Waals surface area contributed by atoms with E-state index in [1.807, 2.05) is 32.1 Å². The summed E-state index contributed by atoms with van der Waals surface area (Å²) in [5, 5.41) is 0. The molecule has 2 nitrogen and oxygen atoms in total. The predicted molar refractivity (Wildman–Crippen MR) is 53.3 cm³/mol. The molecule has 0 fully saturated rings. The molecule has 0 atom stereocenters. The first-order valence-electron chi connectivity index (χ1n) is 4.34. The predicted octanol–water partition coefficient (Wildman–Crippen LogP) is 2.38. The number of aryl methyl sites for hydroxylation is 1. The van der Waals surface area contributed by atoms with Crippen LogP contribution in [0.4, 0.5) is 0 Å². The minimum absolute atomic E-state index is 0.749. The minimum atomic E-state index is 0.749. The number of carbonyl (C=O) groups excluding carboxylic acids is 1. The van der Waals surface area contributed by atoms with Crippen molar-refractivity contribution in [2.75, 3.05) is 0 Å². The first-order valence-corrected chi connectivity index (χ1v) is 4.34. The Bertz CT molecular complexity index is 311. The zero-order valence-electron chi connectivity index (χ0n) is 7.95. The number of aromatic nitrogens is 1. The molecule has 0 aromatic carbocycles. The van der Waals surface area contributed by atoms with Gasteiger partial charge in [0.1, 0.15) is 6.29 Å². The van der Waals surface area contributed by atoms with Crippen molar-refractivity contribution >= 4 is 12.4 Å². The highest BCUT2D eigenvalue weighted by molar-refractivity contribution is 5.80. The van der Waals surface area contributed by atoms with Crippen molar-refractivity contribution < 1.29 is 4.79 Å². The maximum Gasteiger partial charge on any atom is 0.146 e. The van der Waals surface area contributed by atoms with E-state index in [1.165, 1.54) is 0 Å². The summed E-state index contributed by atoms with van der Waals surface area (Å²) in [6, 6.07) is 3.89. The molecule has 0 amide bonds. The third kappa shape index (κ3) is 2.82. The Kier molecular flexibility index (Phi) is 3.38. The van der Waals surface area contributed by atoms with E-state index >= 15 is 0 Å². The topological polar surface area (TPSA) is 30.0 Å². The van der Waals surface area contributed by atoms with Gasteiger partial charge in [-0.1, -0.05) is 13.0 Å². The molecule has 0 unspecified atom stereocenters. The molecule has 1 heterocycles. The van der Waals surface area contributed by atoms with Crippen molar-refractivity contribution in [3.63, 3.8) is 0 Å². The van der Waals surface area contributed by atoms with E-state index in [0.717, 1.165) is 29.5 Å². The molecular formula is C11H13NO. The van der Waals surface area contributed by atoms with Gasteiger partial charge in [0.15, 0.2) is 0 Å². The normalized spacial score (nSPS) is 11.4. The van der Waals surface area contributed by atoms with Gasteiger partial charge in [0.25, 0.3) is 0 Å². The molecule has 0 saturated carbocycles. The average molecular weight is 175 g/mol. The van der Waals surface area contributed by atoms with Gasteiger partial charge in [-0.25, -0.2) is 0 Å². The smallest absolute Gasteiger partial charge is 0.146 e. The molecule has 0 saturated heterocycles. The van der Waals surface area contributed by atoms with Gasteiger partial charge in [-0.15, -0.1) is 0 Å². The number of allylic oxidation sites excluding steroid dienone is 1. The van der Waals surface area contributed by atoms with Crippen LogP contribution in [0.3, 0.4) is 0 Å². The second kappa shape index (κ2) is 4.55. The quantitative estimate of drug-likeness (QED) is 0.521. The van der Waals surface area contributed by atoms with E-state index in [1.54, 1.807) is 6.20 Å². The lowest BCUT2D eigenvalue weighted by Crippen LogP contribution is -1.85. The van der Waals surface area contributed by atoms with Crippen molar-refractivity contribution in [2.24, 2.45) is 0 Å². The lowest BCUT2D eigenvalue weighted by Gasteiger charge is -1.95. The summed E-state index contributed by atoms with van der Waals surface area (Å²) in [5.41, 5.74) is 2.74. The van der Waals surface area contributed by atoms with Crippen LogP contribution in [-0.2, 0) is 4.79 Å². The highest BCUT2D eigenvalue weighted by Gasteiger charge is 1.93. The second-order valence-electron chi connectivity index (χ2n) is 2.95. The van der Waals surface area contributed by atoms with E-state index in [0.29, 0.717) is 0 Å². The van der Waals surface area contributed by atoms with Crippen LogP contribution >= 0.6 is 0 Å². The monoisotopic (exact) mass is 175 g/mol. The Morgan fingerprint density at radius 1 is 1.54 bits per heavy atom. The van der Waals surface area contributed by atoms with Crippen LogP contribution in [0.2, 0.25) is 0 Å². The molecule has 0 spiro atoms. The van der Waals surface area contributed by atoms with E-state index in [-0.39, 0.29) is 0 Å². The summed E-state index contributed by atoms with van der Waals surface area (Å²) in [6.45, 7) is 3.94. The maximum absolute atomic E-state index is 10.5. The molecule has 0 radical (unpaired) electrons. The number of hydrogen-bond acceptors (Lipinski definition) is 2. The third-order valence-corrected chi connectivity index (χ3v) is 1.83. The lowest BCUT2D eigenvalue weighted by molar-refractivity contribution is -0.104. The molecular weight excluding hydrogens is 162 g/mol. The number of hydrogen-bond donors (Lipinski definition) is 0. The van der Waals surface area contributed by atoms with Gasteiger partial charge < -0.3 is 0 Å². The summed E-state index contributed by atoms with van der Waals surface area (Å²) in [7, 11) is 0. The number of rotatable bonds is 3. The Labute approximate surface area is 78.3 Å². The number of carbonyl (C=O) groups is 1. The molecule has 1 aromatic heterocycles. The van der Waals surface area contributed by atoms with Crippen LogP contribution in [0.25, 0.3) is 6.08 Å². The summed E-state index contributed by atoms with van der Waals surface area (Å²) >= 11 is 0. The fraction of sp³-hybridized carbons (Fsp3) is 0.273. The first-order chi connectivity index (χ1) is 6.26. The summed E-state index contributed by atoms with van der Waals surface area (Å²) < 4.78 is 0. The lowest BCUT2D eigenvalue weighted by atomic mass is 10.2. The van der Waals surface area contributed by atoms with Crippen LogP contribution in [0.1, 0.15) is 24.6 Å². The zero-order chi connectivity index (χ0) is 9.68. The van der Waals surface area contributed by atoms with Crippen molar-refractivity contribution in [3.05, 3.63) is 35.2 Å². The largest absolute Gasteiger partial charge is 0.298 e. The highest BCUT2D eigenvalue weighted by atomic mass is 16.1. The third-order valence-electron chi connectivity index (χ3n) is 1.83. The van der Waals surface area contributed by atoms with Gasteiger partial charge in [-0.2, -0.15) is 0 Å². The van der Waals surface area contributed by atoms with Crippen molar-refractivity contribution in [1.29, 1.82) is 0 Å². The van der Waals surface area contributed by atoms with Gasteiger partial charge in [0, 0.05) is 6.20 Å². The van der Waals surface area contributed by atoms with Crippen molar-refractivity contribution in [2.45, 2.75) is 20.3 Å². The molecule has 0 aliphatic heterocycles. The molecule has 2 heteroatoms. The highest BCUT2D eigenvalue weighted by Crippen LogP contribution is 2.05. The van der Waals surface area contributed by atoms with Gasteiger partial charge in [-0.3, -0.25) is 9.78 Å². The maximum atomic E-state index is 10.5. The zero-order valence-corrected chi connectivity index (χ0v) is 7.95. The van der Waals surface area contributed by atoms with Gasteiger partial charge >= 0.3 is 0 Å². The Balaban J connectivity index is 2.90. The minimum Gasteiger partial charge on any atom is -0.298 e. The molecule has 1 aromatic rings. The molecule has 68 valence electrons. The first kappa shape index (κ1) is 9.65. The second-order valence-corrected chi connectivity index (χ2v) is 2.95. The van der Waals surface area contributed by atoms with Crippen LogP contribution in [-0.4, -0.2) is 11.3 Å². The molecule has 0 aliphatic carbocycles. The Morgan fingerprint density at radius 2 is 2.31 bits per heavy atom. The standard InChI is InChI=1S/C11H13NO/c1-3-10(8-13)6-11-5-4-9(2)7-12-11/h4-8H,3H2,1-2H3/b10-6-. The summed E-state index contributed by atoms with van der Waals surface area (Å²) in [5.74, 6) is 0. The summed E-state index contributed by atoms with van der Waals surface area (Å²) in [4.78, 5) is 14.7. The molecule has 0 aliphatic rings. The molecule has 13 heavy (non-hydrogen) atoms. The van der Waals surface area contributed by atoms with Crippen molar-refractivity contribution in [3.8, 4) is 0 Å². The van der Waals surface area contributed by atoms with Gasteiger partial charge in [0.2, 0.25) is 0 Å². The Morgan fingerprint density at radius 3 is 2.77 bits per heavy atom. The Hall–Kier alpha value is -1.44. The fourth-order valence-electron chi connectivity index (χ4n) is 0.974. The number of pyridine rings is 1. The van der Waals surface area contributed by atoms with Crippen molar-refractivity contribution in [1.82, 2.24) is 4.98 Å². The van der Waals surface area contributed by atoms with E-state index in [4.69, 9.17) is 0 Å². The molecule has 0 bridgehead atoms. The number of nitrogens with zero attached hydrogens (tertiary/aromatic N) is 1. The fourth-order valence-corrected chi connectivity index (χ4v) is 0.974. The number of aldehydes is 1. The van der Waals surface area contributed by atoms with Crippen LogP contribution in [0.15, 0.2) is 23.9 Å². The van der Waals surface area contributed by atoms with Gasteiger partial charge in [-0.05, 0) is 36.6 Å². The average Bonchev–Trinajstić information content (AvgIpc) is 2.17. The van der Waals surface area contributed by atoms with Crippen LogP contribution < -0.4 is 0 Å². The van der Waals surface area contributed by atoms with E-state index in [9.17, 15) is 4.79 Å². The van der Waals surface area contributed by atoms with Crippen LogP contribution in [0.5, 0.6) is 0 Å². The van der Waals surface area contributed by atoms with E-state index in [2.05, 4.69) is 4.98 Å². The van der Waals surface area contributed by atoms with E-state index < -0.39 is 0 Å². The summed E-state index contributed by atoms with van der Waals surface area (Å²) in [6.07, 6.45) is 5.23. The molecule has 1 rings (SSSR count). The SMILES string of the molecule is CC/C(C=O)=C/c1ccc(C)cn1.